The van der Waals surface area contributed by atoms with Gasteiger partial charge >= 0.3 is 0 Å². The number of halogens is 1. The minimum atomic E-state index is 0.0515. The summed E-state index contributed by atoms with van der Waals surface area (Å²) in [6.45, 7) is 4.77. The highest BCUT2D eigenvalue weighted by molar-refractivity contribution is 9.10. The molecule has 0 aliphatic carbocycles. The number of anilines is 1. The van der Waals surface area contributed by atoms with E-state index in [4.69, 9.17) is 0 Å². The highest BCUT2D eigenvalue weighted by Gasteiger charge is 2.26. The number of nitrogens with zero attached hydrogens (tertiary/aromatic N) is 5. The van der Waals surface area contributed by atoms with E-state index in [0.29, 0.717) is 18.0 Å². The van der Waals surface area contributed by atoms with E-state index in [1.807, 2.05) is 42.2 Å². The van der Waals surface area contributed by atoms with Crippen LogP contribution in [0.5, 0.6) is 0 Å². The molecule has 0 N–H and O–H groups in total. The normalized spacial score (nSPS) is 14.4. The summed E-state index contributed by atoms with van der Waals surface area (Å²) >= 11 is 4.82. The van der Waals surface area contributed by atoms with E-state index in [2.05, 4.69) is 35.8 Å². The molecule has 4 heterocycles. The van der Waals surface area contributed by atoms with Crippen molar-refractivity contribution in [3.8, 4) is 10.7 Å². The zero-order chi connectivity index (χ0) is 18.8. The molecule has 1 fully saturated rings. The standard InChI is InChI=1S/C19H18BrN5OS/c1-13-17(27-18(23-13)15-4-2-3-7-21-15)19(26)25-10-8-24(9-11-25)16-6-5-14(20)12-22-16/h2-7,12H,8-11H2,1H3. The van der Waals surface area contributed by atoms with Crippen molar-refractivity contribution in [1.29, 1.82) is 0 Å². The number of carbonyl (C=O) groups excluding carboxylic acids is 1. The molecule has 1 saturated heterocycles. The summed E-state index contributed by atoms with van der Waals surface area (Å²) in [5, 5.41) is 0.786. The molecule has 0 aromatic carbocycles. The highest BCUT2D eigenvalue weighted by atomic mass is 79.9. The first-order valence-electron chi connectivity index (χ1n) is 8.66. The van der Waals surface area contributed by atoms with Gasteiger partial charge < -0.3 is 9.80 Å². The van der Waals surface area contributed by atoms with Gasteiger partial charge in [-0.3, -0.25) is 9.78 Å². The molecule has 8 heteroatoms. The van der Waals surface area contributed by atoms with E-state index < -0.39 is 0 Å². The van der Waals surface area contributed by atoms with E-state index in [9.17, 15) is 4.79 Å². The summed E-state index contributed by atoms with van der Waals surface area (Å²) in [6.07, 6.45) is 3.54. The van der Waals surface area contributed by atoms with Crippen molar-refractivity contribution in [3.63, 3.8) is 0 Å². The summed E-state index contributed by atoms with van der Waals surface area (Å²) in [5.74, 6) is 0.993. The van der Waals surface area contributed by atoms with Gasteiger partial charge in [-0.15, -0.1) is 11.3 Å². The van der Waals surface area contributed by atoms with Crippen LogP contribution in [0.2, 0.25) is 0 Å². The number of thiazole rings is 1. The van der Waals surface area contributed by atoms with Gasteiger partial charge in [0.1, 0.15) is 15.7 Å². The van der Waals surface area contributed by atoms with Crippen molar-refractivity contribution in [2.75, 3.05) is 31.1 Å². The molecule has 0 spiro atoms. The molecule has 0 radical (unpaired) electrons. The van der Waals surface area contributed by atoms with E-state index in [-0.39, 0.29) is 5.91 Å². The molecule has 0 atom stereocenters. The van der Waals surface area contributed by atoms with Gasteiger partial charge in [0.05, 0.1) is 11.4 Å². The number of aryl methyl sites for hydroxylation is 1. The third-order valence-electron chi connectivity index (χ3n) is 4.48. The summed E-state index contributed by atoms with van der Waals surface area (Å²) in [7, 11) is 0. The van der Waals surface area contributed by atoms with Gasteiger partial charge in [-0.2, -0.15) is 0 Å². The Balaban J connectivity index is 1.45. The second-order valence-corrected chi connectivity index (χ2v) is 8.18. The van der Waals surface area contributed by atoms with Crippen LogP contribution in [-0.4, -0.2) is 51.9 Å². The third kappa shape index (κ3) is 3.86. The van der Waals surface area contributed by atoms with Gasteiger partial charge in [-0.05, 0) is 47.1 Å². The Bertz CT molecular complexity index is 936. The Morgan fingerprint density at radius 2 is 1.93 bits per heavy atom. The zero-order valence-corrected chi connectivity index (χ0v) is 17.2. The van der Waals surface area contributed by atoms with E-state index in [0.717, 1.165) is 39.8 Å². The van der Waals surface area contributed by atoms with Gasteiger partial charge in [0, 0.05) is 43.0 Å². The molecular formula is C19H18BrN5OS. The smallest absolute Gasteiger partial charge is 0.265 e. The first kappa shape index (κ1) is 18.1. The molecule has 4 rings (SSSR count). The van der Waals surface area contributed by atoms with E-state index >= 15 is 0 Å². The molecule has 3 aromatic rings. The number of aromatic nitrogens is 3. The summed E-state index contributed by atoms with van der Waals surface area (Å²) in [6, 6.07) is 9.69. The fraction of sp³-hybridized carbons (Fsp3) is 0.263. The van der Waals surface area contributed by atoms with E-state index in [1.165, 1.54) is 11.3 Å². The number of amides is 1. The van der Waals surface area contributed by atoms with Crippen LogP contribution in [0.25, 0.3) is 10.7 Å². The molecular weight excluding hydrogens is 426 g/mol. The van der Waals surface area contributed by atoms with Crippen molar-refractivity contribution in [3.05, 3.63) is 57.8 Å². The summed E-state index contributed by atoms with van der Waals surface area (Å²) < 4.78 is 0.962. The van der Waals surface area contributed by atoms with Gasteiger partial charge in [-0.1, -0.05) is 6.07 Å². The molecule has 138 valence electrons. The zero-order valence-electron chi connectivity index (χ0n) is 14.8. The number of hydrogen-bond acceptors (Lipinski definition) is 6. The van der Waals surface area contributed by atoms with Crippen molar-refractivity contribution in [2.24, 2.45) is 0 Å². The lowest BCUT2D eigenvalue weighted by molar-refractivity contribution is 0.0750. The fourth-order valence-corrected chi connectivity index (χ4v) is 4.28. The SMILES string of the molecule is Cc1nc(-c2ccccn2)sc1C(=O)N1CCN(c2ccc(Br)cn2)CC1. The molecule has 27 heavy (non-hydrogen) atoms. The van der Waals surface area contributed by atoms with Gasteiger partial charge in [0.15, 0.2) is 0 Å². The number of piperazine rings is 1. The van der Waals surface area contributed by atoms with Gasteiger partial charge in [0.25, 0.3) is 5.91 Å². The van der Waals surface area contributed by atoms with Gasteiger partial charge in [0.2, 0.25) is 0 Å². The van der Waals surface area contributed by atoms with Crippen LogP contribution in [0.3, 0.4) is 0 Å². The highest BCUT2D eigenvalue weighted by Crippen LogP contribution is 2.28. The quantitative estimate of drug-likeness (QED) is 0.618. The fourth-order valence-electron chi connectivity index (χ4n) is 3.03. The predicted octanol–water partition coefficient (Wildman–Crippen LogP) is 3.63. The van der Waals surface area contributed by atoms with Crippen LogP contribution in [-0.2, 0) is 0 Å². The molecule has 6 nitrogen and oxygen atoms in total. The average molecular weight is 444 g/mol. The van der Waals surface area contributed by atoms with Crippen LogP contribution in [0.1, 0.15) is 15.4 Å². The van der Waals surface area contributed by atoms with Crippen LogP contribution in [0, 0.1) is 6.92 Å². The van der Waals surface area contributed by atoms with Crippen LogP contribution in [0.4, 0.5) is 5.82 Å². The lowest BCUT2D eigenvalue weighted by Gasteiger charge is -2.35. The Kier molecular flexibility index (Phi) is 5.18. The third-order valence-corrected chi connectivity index (χ3v) is 6.11. The van der Waals surface area contributed by atoms with Crippen molar-refractivity contribution < 1.29 is 4.79 Å². The maximum absolute atomic E-state index is 13.0. The number of hydrogen-bond donors (Lipinski definition) is 0. The average Bonchev–Trinajstić information content (AvgIpc) is 3.10. The van der Waals surface area contributed by atoms with Crippen molar-refractivity contribution >= 4 is 39.0 Å². The molecule has 1 aliphatic rings. The minimum absolute atomic E-state index is 0.0515. The van der Waals surface area contributed by atoms with Crippen molar-refractivity contribution in [2.45, 2.75) is 6.92 Å². The topological polar surface area (TPSA) is 62.2 Å². The Labute approximate surface area is 170 Å². The maximum atomic E-state index is 13.0. The monoisotopic (exact) mass is 443 g/mol. The number of carbonyl (C=O) groups is 1. The second kappa shape index (κ2) is 7.74. The summed E-state index contributed by atoms with van der Waals surface area (Å²) in [4.78, 5) is 31.1. The Morgan fingerprint density at radius 3 is 2.59 bits per heavy atom. The Morgan fingerprint density at radius 1 is 1.11 bits per heavy atom. The number of rotatable bonds is 3. The van der Waals surface area contributed by atoms with Gasteiger partial charge in [-0.25, -0.2) is 9.97 Å². The lowest BCUT2D eigenvalue weighted by Crippen LogP contribution is -2.49. The molecule has 1 aliphatic heterocycles. The lowest BCUT2D eigenvalue weighted by atomic mass is 10.2. The van der Waals surface area contributed by atoms with E-state index in [1.54, 1.807) is 12.4 Å². The first-order chi connectivity index (χ1) is 13.1. The number of pyridine rings is 2. The largest absolute Gasteiger partial charge is 0.353 e. The Hall–Kier alpha value is -2.32. The molecule has 1 amide bonds. The summed E-state index contributed by atoms with van der Waals surface area (Å²) in [5.41, 5.74) is 1.57. The molecule has 0 saturated carbocycles. The maximum Gasteiger partial charge on any atom is 0.265 e. The minimum Gasteiger partial charge on any atom is -0.353 e. The van der Waals surface area contributed by atoms with Crippen LogP contribution < -0.4 is 4.90 Å². The first-order valence-corrected chi connectivity index (χ1v) is 10.3. The second-order valence-electron chi connectivity index (χ2n) is 6.26. The van der Waals surface area contributed by atoms with Crippen molar-refractivity contribution in [1.82, 2.24) is 19.9 Å². The predicted molar refractivity (Wildman–Crippen MR) is 110 cm³/mol. The van der Waals surface area contributed by atoms with Crippen LogP contribution >= 0.6 is 27.3 Å². The van der Waals surface area contributed by atoms with Crippen LogP contribution in [0.15, 0.2) is 47.2 Å². The molecule has 0 unspecified atom stereocenters. The molecule has 3 aromatic heterocycles. The molecule has 0 bridgehead atoms.